The van der Waals surface area contributed by atoms with Gasteiger partial charge in [0, 0.05) is 25.7 Å². The quantitative estimate of drug-likeness (QED) is 0.687. The predicted molar refractivity (Wildman–Crippen MR) is 124 cm³/mol. The number of amides is 1. The zero-order valence-corrected chi connectivity index (χ0v) is 19.8. The van der Waals surface area contributed by atoms with Gasteiger partial charge in [0.15, 0.2) is 0 Å². The van der Waals surface area contributed by atoms with Crippen molar-refractivity contribution in [1.82, 2.24) is 9.21 Å². The third kappa shape index (κ3) is 3.62. The molecule has 0 radical (unpaired) electrons. The number of likely N-dealkylation sites (tertiary alicyclic amines) is 1. The summed E-state index contributed by atoms with van der Waals surface area (Å²) in [6.07, 6.45) is 10.2. The number of piperidine rings is 2. The molecule has 1 amide bonds. The van der Waals surface area contributed by atoms with Gasteiger partial charge in [-0.15, -0.1) is 0 Å². The van der Waals surface area contributed by atoms with Gasteiger partial charge >= 0.3 is 0 Å². The van der Waals surface area contributed by atoms with Gasteiger partial charge in [0.1, 0.15) is 0 Å². The predicted octanol–water partition coefficient (Wildman–Crippen LogP) is 4.05. The van der Waals surface area contributed by atoms with E-state index in [2.05, 4.69) is 4.90 Å². The maximum Gasteiger partial charge on any atom is 0.229 e. The fourth-order valence-corrected chi connectivity index (χ4v) is 10.0. The van der Waals surface area contributed by atoms with Gasteiger partial charge < -0.3 is 4.90 Å². The van der Waals surface area contributed by atoms with Crippen LogP contribution in [-0.4, -0.2) is 49.2 Å². The van der Waals surface area contributed by atoms with Gasteiger partial charge in [-0.1, -0.05) is 30.3 Å². The number of sulfonamides is 1. The van der Waals surface area contributed by atoms with Crippen LogP contribution >= 0.6 is 0 Å². The number of hydrogen-bond donors (Lipinski definition) is 0. The van der Waals surface area contributed by atoms with Crippen LogP contribution in [0.4, 0.5) is 0 Å². The zero-order valence-electron chi connectivity index (χ0n) is 19.0. The van der Waals surface area contributed by atoms with E-state index in [4.69, 9.17) is 0 Å². The number of carbonyl (C=O) groups excluding carboxylic acids is 1. The number of carbonyl (C=O) groups is 1. The fourth-order valence-electron chi connectivity index (χ4n) is 8.43. The van der Waals surface area contributed by atoms with Crippen LogP contribution in [0.2, 0.25) is 0 Å². The van der Waals surface area contributed by atoms with E-state index in [-0.39, 0.29) is 23.1 Å². The summed E-state index contributed by atoms with van der Waals surface area (Å²) in [4.78, 5) is 16.3. The number of fused-ring (bicyclic) bond motifs is 1. The molecule has 0 N–H and O–H groups in total. The van der Waals surface area contributed by atoms with Crippen molar-refractivity contribution in [3.05, 3.63) is 35.9 Å². The second kappa shape index (κ2) is 7.83. The normalized spacial score (nSPS) is 39.1. The lowest BCUT2D eigenvalue weighted by atomic mass is 9.49. The fraction of sp³-hybridized carbons (Fsp3) is 0.731. The first kappa shape index (κ1) is 21.2. The van der Waals surface area contributed by atoms with Crippen molar-refractivity contribution in [3.63, 3.8) is 0 Å². The molecule has 1 aromatic carbocycles. The van der Waals surface area contributed by atoms with Crippen LogP contribution in [0.25, 0.3) is 0 Å². The average molecular weight is 457 g/mol. The van der Waals surface area contributed by atoms with E-state index in [1.165, 1.54) is 19.3 Å². The summed E-state index contributed by atoms with van der Waals surface area (Å²) in [7, 11) is -3.33. The summed E-state index contributed by atoms with van der Waals surface area (Å²) < 4.78 is 27.9. The first-order chi connectivity index (χ1) is 15.4. The molecular weight excluding hydrogens is 420 g/mol. The Morgan fingerprint density at radius 2 is 1.59 bits per heavy atom. The van der Waals surface area contributed by atoms with Crippen LogP contribution in [-0.2, 0) is 20.6 Å². The van der Waals surface area contributed by atoms with Crippen molar-refractivity contribution in [2.75, 3.05) is 19.6 Å². The standard InChI is InChI=1S/C26H36N2O3S/c29-25(26-14-20-11-21(15-26)13-22(12-20)16-26)28-9-4-7-23-17-27(10-8-24(23)28)32(30,31)18-19-5-2-1-3-6-19/h1-3,5-6,20-24H,4,7-18H2/t20?,21?,22?,23-,24-,26?/m1/s1. The lowest BCUT2D eigenvalue weighted by molar-refractivity contribution is -0.164. The molecule has 2 atom stereocenters. The Bertz CT molecular complexity index is 941. The molecule has 4 aliphatic carbocycles. The van der Waals surface area contributed by atoms with Gasteiger partial charge in [-0.25, -0.2) is 12.7 Å². The Morgan fingerprint density at radius 1 is 0.938 bits per heavy atom. The van der Waals surface area contributed by atoms with Crippen molar-refractivity contribution >= 4 is 15.9 Å². The Labute approximate surface area is 192 Å². The van der Waals surface area contributed by atoms with E-state index >= 15 is 0 Å². The number of nitrogens with zero attached hydrogens (tertiary/aromatic N) is 2. The molecular formula is C26H36N2O3S. The first-order valence-electron chi connectivity index (χ1n) is 12.7. The summed E-state index contributed by atoms with van der Waals surface area (Å²) in [5.74, 6) is 3.11. The lowest BCUT2D eigenvalue weighted by Crippen LogP contribution is -2.61. The molecule has 1 aromatic rings. The summed E-state index contributed by atoms with van der Waals surface area (Å²) in [6, 6.07) is 9.71. The molecule has 4 bridgehead atoms. The van der Waals surface area contributed by atoms with Crippen molar-refractivity contribution < 1.29 is 13.2 Å². The number of rotatable bonds is 4. The topological polar surface area (TPSA) is 57.7 Å². The molecule has 0 aromatic heterocycles. The van der Waals surface area contributed by atoms with Gasteiger partial charge in [0.25, 0.3) is 0 Å². The van der Waals surface area contributed by atoms with Gasteiger partial charge in [-0.2, -0.15) is 0 Å². The molecule has 0 spiro atoms. The second-order valence-electron chi connectivity index (χ2n) is 11.6. The summed E-state index contributed by atoms with van der Waals surface area (Å²) >= 11 is 0. The van der Waals surface area contributed by atoms with Gasteiger partial charge in [-0.05, 0) is 87.0 Å². The molecule has 5 nitrogen and oxygen atoms in total. The summed E-state index contributed by atoms with van der Waals surface area (Å²) in [6.45, 7) is 1.99. The van der Waals surface area contributed by atoms with Crippen LogP contribution in [0, 0.1) is 29.1 Å². The van der Waals surface area contributed by atoms with Gasteiger partial charge in [0.05, 0.1) is 11.2 Å². The highest BCUT2D eigenvalue weighted by Gasteiger charge is 2.57. The van der Waals surface area contributed by atoms with E-state index in [1.807, 2.05) is 30.3 Å². The molecule has 4 saturated carbocycles. The molecule has 6 aliphatic rings. The molecule has 2 heterocycles. The van der Waals surface area contributed by atoms with Crippen LogP contribution in [0.1, 0.15) is 63.4 Å². The van der Waals surface area contributed by atoms with Gasteiger partial charge in [0.2, 0.25) is 15.9 Å². The Morgan fingerprint density at radius 3 is 2.25 bits per heavy atom. The number of benzene rings is 1. The zero-order chi connectivity index (χ0) is 21.9. The molecule has 174 valence electrons. The van der Waals surface area contributed by atoms with Crippen molar-refractivity contribution in [2.45, 2.75) is 69.6 Å². The second-order valence-corrected chi connectivity index (χ2v) is 13.5. The minimum atomic E-state index is -3.33. The largest absolute Gasteiger partial charge is 0.339 e. The SMILES string of the molecule is O=C(N1CCC[C@@H]2CN(S(=O)(=O)Cc3ccccc3)CC[C@H]21)C12CC3CC(CC(C3)C1)C2. The van der Waals surface area contributed by atoms with E-state index in [0.29, 0.717) is 19.0 Å². The highest BCUT2D eigenvalue weighted by atomic mass is 32.2. The molecule has 0 unspecified atom stereocenters. The monoisotopic (exact) mass is 456 g/mol. The molecule has 6 heteroatoms. The maximum absolute atomic E-state index is 14.0. The van der Waals surface area contributed by atoms with E-state index < -0.39 is 10.0 Å². The van der Waals surface area contributed by atoms with Crippen LogP contribution in [0.5, 0.6) is 0 Å². The van der Waals surface area contributed by atoms with Crippen molar-refractivity contribution in [2.24, 2.45) is 29.1 Å². The van der Waals surface area contributed by atoms with E-state index in [9.17, 15) is 13.2 Å². The molecule has 2 aliphatic heterocycles. The molecule has 2 saturated heterocycles. The summed E-state index contributed by atoms with van der Waals surface area (Å²) in [5, 5.41) is 0. The highest BCUT2D eigenvalue weighted by molar-refractivity contribution is 7.88. The molecule has 32 heavy (non-hydrogen) atoms. The molecule has 7 rings (SSSR count). The average Bonchev–Trinajstić information content (AvgIpc) is 2.77. The lowest BCUT2D eigenvalue weighted by Gasteiger charge is -2.58. The minimum Gasteiger partial charge on any atom is -0.339 e. The van der Waals surface area contributed by atoms with Crippen molar-refractivity contribution in [1.29, 1.82) is 0 Å². The Balaban J connectivity index is 1.17. The van der Waals surface area contributed by atoms with Crippen LogP contribution in [0.3, 0.4) is 0 Å². The van der Waals surface area contributed by atoms with Crippen molar-refractivity contribution in [3.8, 4) is 0 Å². The summed E-state index contributed by atoms with van der Waals surface area (Å²) in [5.41, 5.74) is 0.754. The first-order valence-corrected chi connectivity index (χ1v) is 14.4. The van der Waals surface area contributed by atoms with Gasteiger partial charge in [-0.3, -0.25) is 4.79 Å². The smallest absolute Gasteiger partial charge is 0.229 e. The third-order valence-corrected chi connectivity index (χ3v) is 11.2. The number of hydrogen-bond acceptors (Lipinski definition) is 3. The Hall–Kier alpha value is -1.40. The van der Waals surface area contributed by atoms with Crippen LogP contribution < -0.4 is 0 Å². The maximum atomic E-state index is 14.0. The van der Waals surface area contributed by atoms with Crippen LogP contribution in [0.15, 0.2) is 30.3 Å². The third-order valence-electron chi connectivity index (χ3n) is 9.37. The Kier molecular flexibility index (Phi) is 5.18. The molecule has 6 fully saturated rings. The highest BCUT2D eigenvalue weighted by Crippen LogP contribution is 2.61. The minimum absolute atomic E-state index is 0.0706. The van der Waals surface area contributed by atoms with E-state index in [0.717, 1.165) is 68.4 Å². The van der Waals surface area contributed by atoms with E-state index in [1.54, 1.807) is 4.31 Å².